The molecule has 152 valence electrons. The molecule has 2 aromatic carbocycles. The van der Waals surface area contributed by atoms with E-state index in [0.29, 0.717) is 23.1 Å². The molecule has 0 aliphatic carbocycles. The minimum Gasteiger partial charge on any atom is -0.497 e. The average molecular weight is 414 g/mol. The SMILES string of the molecule is CCNc1cc(Nc2ccc(NS(=O)(=O)c3ccc(OC)cc3)cc2)nc(C)n1. The number of nitrogens with zero attached hydrogens (tertiary/aromatic N) is 2. The topological polar surface area (TPSA) is 105 Å². The van der Waals surface area contributed by atoms with Crippen molar-refractivity contribution in [3.05, 3.63) is 60.4 Å². The summed E-state index contributed by atoms with van der Waals surface area (Å²) in [5.41, 5.74) is 1.23. The Kier molecular flexibility index (Phi) is 6.18. The third-order valence-electron chi connectivity index (χ3n) is 3.98. The number of aryl methyl sites for hydroxylation is 1. The number of anilines is 4. The fourth-order valence-electron chi connectivity index (χ4n) is 2.64. The molecule has 0 bridgehead atoms. The van der Waals surface area contributed by atoms with Crippen molar-refractivity contribution < 1.29 is 13.2 Å². The zero-order valence-electron chi connectivity index (χ0n) is 16.4. The number of rotatable bonds is 8. The highest BCUT2D eigenvalue weighted by atomic mass is 32.2. The van der Waals surface area contributed by atoms with Gasteiger partial charge in [-0.2, -0.15) is 0 Å². The monoisotopic (exact) mass is 413 g/mol. The van der Waals surface area contributed by atoms with Crippen molar-refractivity contribution in [1.82, 2.24) is 9.97 Å². The van der Waals surface area contributed by atoms with E-state index in [0.717, 1.165) is 18.1 Å². The number of hydrogen-bond donors (Lipinski definition) is 3. The van der Waals surface area contributed by atoms with Gasteiger partial charge in [0.15, 0.2) is 0 Å². The number of benzene rings is 2. The molecule has 0 aliphatic heterocycles. The predicted molar refractivity (Wildman–Crippen MR) is 114 cm³/mol. The van der Waals surface area contributed by atoms with E-state index in [4.69, 9.17) is 4.74 Å². The minimum absolute atomic E-state index is 0.160. The Morgan fingerprint density at radius 2 is 1.55 bits per heavy atom. The van der Waals surface area contributed by atoms with E-state index in [1.54, 1.807) is 36.4 Å². The number of sulfonamides is 1. The van der Waals surface area contributed by atoms with E-state index >= 15 is 0 Å². The first-order chi connectivity index (χ1) is 13.9. The highest BCUT2D eigenvalue weighted by Gasteiger charge is 2.14. The molecule has 8 nitrogen and oxygen atoms in total. The molecule has 1 aromatic heterocycles. The second-order valence-corrected chi connectivity index (χ2v) is 7.88. The summed E-state index contributed by atoms with van der Waals surface area (Å²) in [6, 6.07) is 14.9. The molecule has 9 heteroatoms. The number of methoxy groups -OCH3 is 1. The highest BCUT2D eigenvalue weighted by molar-refractivity contribution is 7.92. The maximum absolute atomic E-state index is 12.5. The van der Waals surface area contributed by atoms with Crippen LogP contribution >= 0.6 is 0 Å². The van der Waals surface area contributed by atoms with E-state index in [2.05, 4.69) is 25.3 Å². The first-order valence-electron chi connectivity index (χ1n) is 9.03. The van der Waals surface area contributed by atoms with Crippen molar-refractivity contribution in [1.29, 1.82) is 0 Å². The molecular formula is C20H23N5O3S. The summed E-state index contributed by atoms with van der Waals surface area (Å²) in [4.78, 5) is 8.84. The standard InChI is InChI=1S/C20H23N5O3S/c1-4-21-19-13-20(23-14(2)22-19)24-15-5-7-16(8-6-15)25-29(26,27)18-11-9-17(28-3)10-12-18/h5-13,25H,4H2,1-3H3,(H2,21,22,23,24). The average Bonchev–Trinajstić information content (AvgIpc) is 2.69. The van der Waals surface area contributed by atoms with Crippen LogP contribution in [0.5, 0.6) is 5.75 Å². The summed E-state index contributed by atoms with van der Waals surface area (Å²) in [6.07, 6.45) is 0. The van der Waals surface area contributed by atoms with Gasteiger partial charge in [0.05, 0.1) is 12.0 Å². The van der Waals surface area contributed by atoms with Crippen molar-refractivity contribution in [2.75, 3.05) is 29.0 Å². The van der Waals surface area contributed by atoms with Gasteiger partial charge in [-0.25, -0.2) is 18.4 Å². The summed E-state index contributed by atoms with van der Waals surface area (Å²) >= 11 is 0. The van der Waals surface area contributed by atoms with Crippen molar-refractivity contribution in [2.24, 2.45) is 0 Å². The maximum atomic E-state index is 12.5. The van der Waals surface area contributed by atoms with Gasteiger partial charge in [0.1, 0.15) is 23.2 Å². The lowest BCUT2D eigenvalue weighted by Crippen LogP contribution is -2.12. The van der Waals surface area contributed by atoms with Gasteiger partial charge in [0.2, 0.25) is 0 Å². The third kappa shape index (κ3) is 5.35. The molecular weight excluding hydrogens is 390 g/mol. The smallest absolute Gasteiger partial charge is 0.261 e. The maximum Gasteiger partial charge on any atom is 0.261 e. The van der Waals surface area contributed by atoms with Crippen molar-refractivity contribution in [2.45, 2.75) is 18.7 Å². The molecule has 3 rings (SSSR count). The molecule has 29 heavy (non-hydrogen) atoms. The molecule has 3 aromatic rings. The Morgan fingerprint density at radius 1 is 0.931 bits per heavy atom. The summed E-state index contributed by atoms with van der Waals surface area (Å²) in [6.45, 7) is 4.58. The van der Waals surface area contributed by atoms with Crippen molar-refractivity contribution >= 4 is 33.0 Å². The van der Waals surface area contributed by atoms with Gasteiger partial charge in [-0.1, -0.05) is 0 Å². The second kappa shape index (κ2) is 8.78. The van der Waals surface area contributed by atoms with Gasteiger partial charge in [0.25, 0.3) is 10.0 Å². The number of hydrogen-bond acceptors (Lipinski definition) is 7. The first-order valence-corrected chi connectivity index (χ1v) is 10.5. The minimum atomic E-state index is -3.68. The Labute approximate surface area is 170 Å². The quantitative estimate of drug-likeness (QED) is 0.516. The van der Waals surface area contributed by atoms with Gasteiger partial charge in [-0.05, 0) is 62.4 Å². The number of ether oxygens (including phenoxy) is 1. The van der Waals surface area contributed by atoms with Crippen LogP contribution in [0.1, 0.15) is 12.7 Å². The van der Waals surface area contributed by atoms with Crippen LogP contribution in [0.4, 0.5) is 23.0 Å². The molecule has 0 unspecified atom stereocenters. The van der Waals surface area contributed by atoms with Crippen molar-refractivity contribution in [3.63, 3.8) is 0 Å². The molecule has 3 N–H and O–H groups in total. The zero-order valence-corrected chi connectivity index (χ0v) is 17.2. The summed E-state index contributed by atoms with van der Waals surface area (Å²) in [5, 5.41) is 6.35. The van der Waals surface area contributed by atoms with Crippen LogP contribution in [0.15, 0.2) is 59.5 Å². The van der Waals surface area contributed by atoms with E-state index in [-0.39, 0.29) is 4.90 Å². The Balaban J connectivity index is 1.71. The molecule has 0 radical (unpaired) electrons. The third-order valence-corrected chi connectivity index (χ3v) is 5.37. The van der Waals surface area contributed by atoms with E-state index in [1.807, 2.05) is 19.9 Å². The van der Waals surface area contributed by atoms with Crippen LogP contribution < -0.4 is 20.1 Å². The lowest BCUT2D eigenvalue weighted by molar-refractivity contribution is 0.414. The van der Waals surface area contributed by atoms with Crippen LogP contribution in [0, 0.1) is 6.92 Å². The van der Waals surface area contributed by atoms with Gasteiger partial charge in [-0.15, -0.1) is 0 Å². The lowest BCUT2D eigenvalue weighted by Gasteiger charge is -2.11. The largest absolute Gasteiger partial charge is 0.497 e. The van der Waals surface area contributed by atoms with Gasteiger partial charge in [-0.3, -0.25) is 4.72 Å². The molecule has 0 saturated carbocycles. The molecule has 0 fully saturated rings. The summed E-state index contributed by atoms with van der Waals surface area (Å²) < 4.78 is 32.7. The van der Waals surface area contributed by atoms with E-state index in [9.17, 15) is 8.42 Å². The van der Waals surface area contributed by atoms with Crippen LogP contribution in [0.25, 0.3) is 0 Å². The first kappa shape index (κ1) is 20.4. The number of aromatic nitrogens is 2. The molecule has 0 spiro atoms. The molecule has 0 saturated heterocycles. The van der Waals surface area contributed by atoms with Crippen LogP contribution in [-0.2, 0) is 10.0 Å². The number of nitrogens with one attached hydrogen (secondary N) is 3. The van der Waals surface area contributed by atoms with Gasteiger partial charge < -0.3 is 15.4 Å². The Hall–Kier alpha value is -3.33. The fraction of sp³-hybridized carbons (Fsp3) is 0.200. The van der Waals surface area contributed by atoms with E-state index in [1.165, 1.54) is 19.2 Å². The Bertz CT molecular complexity index is 1070. The second-order valence-electron chi connectivity index (χ2n) is 6.20. The van der Waals surface area contributed by atoms with Crippen LogP contribution in [0.2, 0.25) is 0 Å². The predicted octanol–water partition coefficient (Wildman–Crippen LogP) is 3.77. The molecule has 1 heterocycles. The summed E-state index contributed by atoms with van der Waals surface area (Å²) in [7, 11) is -2.15. The van der Waals surface area contributed by atoms with Gasteiger partial charge in [0, 0.05) is 24.0 Å². The van der Waals surface area contributed by atoms with Gasteiger partial charge >= 0.3 is 0 Å². The fourth-order valence-corrected chi connectivity index (χ4v) is 3.70. The Morgan fingerprint density at radius 3 is 2.17 bits per heavy atom. The van der Waals surface area contributed by atoms with Crippen molar-refractivity contribution in [3.8, 4) is 5.75 Å². The highest BCUT2D eigenvalue weighted by Crippen LogP contribution is 2.22. The van der Waals surface area contributed by atoms with Crippen LogP contribution in [-0.4, -0.2) is 32.0 Å². The molecule has 0 amide bonds. The lowest BCUT2D eigenvalue weighted by atomic mass is 10.3. The van der Waals surface area contributed by atoms with Crippen LogP contribution in [0.3, 0.4) is 0 Å². The summed E-state index contributed by atoms with van der Waals surface area (Å²) in [5.74, 6) is 2.64. The van der Waals surface area contributed by atoms with E-state index < -0.39 is 10.0 Å². The zero-order chi connectivity index (χ0) is 20.9. The normalized spacial score (nSPS) is 11.0. The molecule has 0 atom stereocenters. The molecule has 0 aliphatic rings.